The van der Waals surface area contributed by atoms with Crippen LogP contribution in [0.3, 0.4) is 0 Å². The van der Waals surface area contributed by atoms with Crippen molar-refractivity contribution in [3.05, 3.63) is 0 Å². The molecule has 2 rings (SSSR count). The Kier molecular flexibility index (Phi) is 4.20. The molecule has 0 aliphatic carbocycles. The van der Waals surface area contributed by atoms with Crippen molar-refractivity contribution >= 4 is 11.8 Å². The van der Waals surface area contributed by atoms with Gasteiger partial charge >= 0.3 is 0 Å². The molecule has 2 saturated heterocycles. The van der Waals surface area contributed by atoms with E-state index < -0.39 is 0 Å². The molecule has 3 heteroatoms. The minimum Gasteiger partial charge on any atom is -0.329 e. The summed E-state index contributed by atoms with van der Waals surface area (Å²) in [6.45, 7) is 8.14. The molecular formula is C13H26N2S. The summed E-state index contributed by atoms with van der Waals surface area (Å²) in [6, 6.07) is 0. The third-order valence-corrected chi connectivity index (χ3v) is 5.85. The average Bonchev–Trinajstić information content (AvgIpc) is 2.79. The second kappa shape index (κ2) is 5.28. The fourth-order valence-corrected chi connectivity index (χ4v) is 4.67. The molecule has 0 aromatic heterocycles. The van der Waals surface area contributed by atoms with E-state index in [2.05, 4.69) is 30.5 Å². The molecule has 0 spiro atoms. The molecule has 2 fully saturated rings. The van der Waals surface area contributed by atoms with E-state index in [-0.39, 0.29) is 0 Å². The number of rotatable bonds is 3. The summed E-state index contributed by atoms with van der Waals surface area (Å²) in [5.74, 6) is 4.37. The SMILES string of the molecule is CC(C)C1CCN(C2(CN)CCSC2)CC1. The van der Waals surface area contributed by atoms with Gasteiger partial charge < -0.3 is 5.73 Å². The minimum atomic E-state index is 0.354. The second-order valence-electron chi connectivity index (χ2n) is 5.80. The van der Waals surface area contributed by atoms with Crippen molar-refractivity contribution in [1.29, 1.82) is 0 Å². The van der Waals surface area contributed by atoms with Gasteiger partial charge in [-0.05, 0) is 49.9 Å². The zero-order chi connectivity index (χ0) is 11.6. The average molecular weight is 242 g/mol. The Balaban J connectivity index is 1.92. The van der Waals surface area contributed by atoms with Gasteiger partial charge in [0.05, 0.1) is 0 Å². The van der Waals surface area contributed by atoms with E-state index >= 15 is 0 Å². The highest BCUT2D eigenvalue weighted by Gasteiger charge is 2.40. The van der Waals surface area contributed by atoms with Crippen LogP contribution in [0, 0.1) is 11.8 Å². The van der Waals surface area contributed by atoms with Crippen LogP contribution in [0.25, 0.3) is 0 Å². The lowest BCUT2D eigenvalue weighted by atomic mass is 9.84. The maximum atomic E-state index is 6.04. The monoisotopic (exact) mass is 242 g/mol. The number of nitrogens with two attached hydrogens (primary N) is 1. The molecule has 2 heterocycles. The molecule has 0 amide bonds. The molecule has 94 valence electrons. The second-order valence-corrected chi connectivity index (χ2v) is 6.90. The predicted molar refractivity (Wildman–Crippen MR) is 72.9 cm³/mol. The molecule has 2 nitrogen and oxygen atoms in total. The molecule has 16 heavy (non-hydrogen) atoms. The highest BCUT2D eigenvalue weighted by molar-refractivity contribution is 7.99. The summed E-state index contributed by atoms with van der Waals surface area (Å²) in [6.07, 6.45) is 4.06. The van der Waals surface area contributed by atoms with Crippen molar-refractivity contribution in [3.8, 4) is 0 Å². The molecule has 1 atom stereocenters. The first-order chi connectivity index (χ1) is 7.68. The molecule has 0 aromatic rings. The van der Waals surface area contributed by atoms with Gasteiger partial charge in [0, 0.05) is 17.8 Å². The Morgan fingerprint density at radius 3 is 2.50 bits per heavy atom. The van der Waals surface area contributed by atoms with E-state index in [1.54, 1.807) is 0 Å². The van der Waals surface area contributed by atoms with E-state index in [9.17, 15) is 0 Å². The van der Waals surface area contributed by atoms with Gasteiger partial charge in [-0.2, -0.15) is 11.8 Å². The van der Waals surface area contributed by atoms with E-state index in [0.29, 0.717) is 5.54 Å². The standard InChI is InChI=1S/C13H26N2S/c1-11(2)12-3-6-15(7-4-12)13(9-14)5-8-16-10-13/h11-12H,3-10,14H2,1-2H3. The van der Waals surface area contributed by atoms with E-state index in [1.165, 1.54) is 43.9 Å². The molecule has 0 bridgehead atoms. The highest BCUT2D eigenvalue weighted by atomic mass is 32.2. The van der Waals surface area contributed by atoms with Crippen molar-refractivity contribution < 1.29 is 0 Å². The van der Waals surface area contributed by atoms with E-state index in [1.807, 2.05) is 0 Å². The normalized spacial score (nSPS) is 33.8. The molecule has 2 aliphatic rings. The Hall–Kier alpha value is 0.270. The van der Waals surface area contributed by atoms with Crippen LogP contribution < -0.4 is 5.73 Å². The predicted octanol–water partition coefficient (Wildman–Crippen LogP) is 2.19. The number of hydrogen-bond acceptors (Lipinski definition) is 3. The fraction of sp³-hybridized carbons (Fsp3) is 1.00. The van der Waals surface area contributed by atoms with Gasteiger partial charge in [-0.25, -0.2) is 0 Å². The van der Waals surface area contributed by atoms with Gasteiger partial charge in [0.25, 0.3) is 0 Å². The number of hydrogen-bond donors (Lipinski definition) is 1. The van der Waals surface area contributed by atoms with E-state index in [0.717, 1.165) is 18.4 Å². The van der Waals surface area contributed by atoms with Crippen LogP contribution in [-0.2, 0) is 0 Å². The van der Waals surface area contributed by atoms with Gasteiger partial charge in [-0.15, -0.1) is 0 Å². The minimum absolute atomic E-state index is 0.354. The van der Waals surface area contributed by atoms with Crippen LogP contribution in [0.2, 0.25) is 0 Å². The van der Waals surface area contributed by atoms with Crippen molar-refractivity contribution in [1.82, 2.24) is 4.90 Å². The first-order valence-electron chi connectivity index (χ1n) is 6.71. The zero-order valence-electron chi connectivity index (χ0n) is 10.7. The Morgan fingerprint density at radius 2 is 2.06 bits per heavy atom. The lowest BCUT2D eigenvalue weighted by molar-refractivity contribution is 0.0621. The van der Waals surface area contributed by atoms with Gasteiger partial charge in [0.15, 0.2) is 0 Å². The molecule has 2 aliphatic heterocycles. The van der Waals surface area contributed by atoms with Crippen molar-refractivity contribution in [2.75, 3.05) is 31.1 Å². The van der Waals surface area contributed by atoms with Gasteiger partial charge in [-0.3, -0.25) is 4.90 Å². The molecule has 0 saturated carbocycles. The zero-order valence-corrected chi connectivity index (χ0v) is 11.6. The topological polar surface area (TPSA) is 29.3 Å². The summed E-state index contributed by atoms with van der Waals surface area (Å²) in [7, 11) is 0. The number of thioether (sulfide) groups is 1. The Bertz CT molecular complexity index is 216. The first-order valence-corrected chi connectivity index (χ1v) is 7.86. The quantitative estimate of drug-likeness (QED) is 0.822. The molecular weight excluding hydrogens is 216 g/mol. The first kappa shape index (κ1) is 12.7. The Morgan fingerprint density at radius 1 is 1.38 bits per heavy atom. The summed E-state index contributed by atoms with van der Waals surface area (Å²) in [5.41, 5.74) is 6.39. The number of nitrogens with zero attached hydrogens (tertiary/aromatic N) is 1. The van der Waals surface area contributed by atoms with Crippen LogP contribution in [0.15, 0.2) is 0 Å². The third kappa shape index (κ3) is 2.41. The van der Waals surface area contributed by atoms with Gasteiger partial charge in [-0.1, -0.05) is 13.8 Å². The lowest BCUT2D eigenvalue weighted by Gasteiger charge is -2.45. The molecule has 2 N–H and O–H groups in total. The number of piperidine rings is 1. The largest absolute Gasteiger partial charge is 0.329 e. The summed E-state index contributed by atoms with van der Waals surface area (Å²) >= 11 is 2.08. The molecule has 0 radical (unpaired) electrons. The van der Waals surface area contributed by atoms with Gasteiger partial charge in [0.2, 0.25) is 0 Å². The fourth-order valence-electron chi connectivity index (χ4n) is 3.18. The van der Waals surface area contributed by atoms with Crippen molar-refractivity contribution in [2.24, 2.45) is 17.6 Å². The maximum absolute atomic E-state index is 6.04. The van der Waals surface area contributed by atoms with Crippen LogP contribution in [0.1, 0.15) is 33.1 Å². The van der Waals surface area contributed by atoms with Crippen LogP contribution in [0.5, 0.6) is 0 Å². The van der Waals surface area contributed by atoms with Gasteiger partial charge in [0.1, 0.15) is 0 Å². The summed E-state index contributed by atoms with van der Waals surface area (Å²) in [5, 5.41) is 0. The lowest BCUT2D eigenvalue weighted by Crippen LogP contribution is -2.56. The van der Waals surface area contributed by atoms with E-state index in [4.69, 9.17) is 5.73 Å². The van der Waals surface area contributed by atoms with Crippen LogP contribution in [-0.4, -0.2) is 41.6 Å². The van der Waals surface area contributed by atoms with Crippen LogP contribution >= 0.6 is 11.8 Å². The summed E-state index contributed by atoms with van der Waals surface area (Å²) in [4.78, 5) is 2.70. The molecule has 1 unspecified atom stereocenters. The van der Waals surface area contributed by atoms with Crippen molar-refractivity contribution in [2.45, 2.75) is 38.6 Å². The summed E-state index contributed by atoms with van der Waals surface area (Å²) < 4.78 is 0. The smallest absolute Gasteiger partial charge is 0.0429 e. The van der Waals surface area contributed by atoms with Crippen LogP contribution in [0.4, 0.5) is 0 Å². The Labute approximate surface area is 104 Å². The number of likely N-dealkylation sites (tertiary alicyclic amines) is 1. The third-order valence-electron chi connectivity index (χ3n) is 4.62. The molecule has 0 aromatic carbocycles. The maximum Gasteiger partial charge on any atom is 0.0429 e. The van der Waals surface area contributed by atoms with Crippen molar-refractivity contribution in [3.63, 3.8) is 0 Å². The highest BCUT2D eigenvalue weighted by Crippen LogP contribution is 2.36.